The van der Waals surface area contributed by atoms with E-state index in [1.54, 1.807) is 13.8 Å². The highest BCUT2D eigenvalue weighted by Crippen LogP contribution is 2.44. The van der Waals surface area contributed by atoms with E-state index in [-0.39, 0.29) is 30.9 Å². The number of fused-ring (bicyclic) bond motifs is 3. The van der Waals surface area contributed by atoms with Crippen LogP contribution in [0.5, 0.6) is 0 Å². The molecule has 0 aliphatic heterocycles. The number of amides is 2. The number of likely N-dealkylation sites (N-methyl/N-ethyl adjacent to an activating group) is 1. The van der Waals surface area contributed by atoms with Gasteiger partial charge < -0.3 is 20.1 Å². The third kappa shape index (κ3) is 6.21. The summed E-state index contributed by atoms with van der Waals surface area (Å²) in [5.74, 6) is -1.81. The zero-order valence-electron chi connectivity index (χ0n) is 21.0. The van der Waals surface area contributed by atoms with Crippen LogP contribution in [0.3, 0.4) is 0 Å². The average molecular weight is 481 g/mol. The number of nitrogens with zero attached hydrogens (tertiary/aromatic N) is 1. The first-order valence-corrected chi connectivity index (χ1v) is 12.4. The minimum absolute atomic E-state index is 0.0691. The largest absolute Gasteiger partial charge is 0.481 e. The van der Waals surface area contributed by atoms with Crippen molar-refractivity contribution in [3.63, 3.8) is 0 Å². The third-order valence-corrected chi connectivity index (χ3v) is 6.88. The van der Waals surface area contributed by atoms with Gasteiger partial charge in [0.2, 0.25) is 5.91 Å². The second-order valence-electron chi connectivity index (χ2n) is 9.39. The Hall–Kier alpha value is -3.35. The van der Waals surface area contributed by atoms with E-state index in [1.807, 2.05) is 38.1 Å². The molecule has 0 aromatic heterocycles. The molecule has 7 heteroatoms. The highest BCUT2D eigenvalue weighted by atomic mass is 16.5. The van der Waals surface area contributed by atoms with E-state index in [2.05, 4.69) is 29.6 Å². The molecule has 2 N–H and O–H groups in total. The van der Waals surface area contributed by atoms with E-state index < -0.39 is 24.0 Å². The molecule has 1 aliphatic rings. The van der Waals surface area contributed by atoms with Crippen LogP contribution in [-0.4, -0.2) is 53.7 Å². The fraction of sp³-hybridized carbons (Fsp3) is 0.464. The molecule has 0 radical (unpaired) electrons. The Labute approximate surface area is 207 Å². The maximum absolute atomic E-state index is 13.3. The Bertz CT molecular complexity index is 1010. The quantitative estimate of drug-likeness (QED) is 0.477. The monoisotopic (exact) mass is 480 g/mol. The van der Waals surface area contributed by atoms with Gasteiger partial charge in [-0.3, -0.25) is 9.59 Å². The van der Waals surface area contributed by atoms with E-state index >= 15 is 0 Å². The second kappa shape index (κ2) is 11.9. The van der Waals surface area contributed by atoms with E-state index in [1.165, 1.54) is 4.90 Å². The van der Waals surface area contributed by atoms with Gasteiger partial charge in [-0.05, 0) is 41.5 Å². The number of nitrogens with one attached hydrogen (secondary N) is 1. The van der Waals surface area contributed by atoms with E-state index in [4.69, 9.17) is 4.74 Å². The number of hydrogen-bond acceptors (Lipinski definition) is 4. The Morgan fingerprint density at radius 3 is 2.09 bits per heavy atom. The standard InChI is InChI=1S/C28H36N2O5/c1-5-18(3)15-25(26(31)30(6-2)16-19(4)27(32)33)29-28(34)35-17-24-22-13-9-7-11-20(22)21-12-8-10-14-23(21)24/h7-14,18-19,24-25H,5-6,15-17H2,1-4H3,(H,29,34)(H,32,33). The molecule has 2 amide bonds. The number of rotatable bonds is 11. The summed E-state index contributed by atoms with van der Waals surface area (Å²) in [4.78, 5) is 38.9. The zero-order chi connectivity index (χ0) is 25.5. The molecule has 0 saturated heterocycles. The van der Waals surface area contributed by atoms with Gasteiger partial charge in [-0.2, -0.15) is 0 Å². The van der Waals surface area contributed by atoms with Crippen LogP contribution < -0.4 is 5.32 Å². The number of carboxylic acids is 1. The van der Waals surface area contributed by atoms with E-state index in [9.17, 15) is 19.5 Å². The predicted octanol–water partition coefficient (Wildman–Crippen LogP) is 4.90. The summed E-state index contributed by atoms with van der Waals surface area (Å²) in [6.07, 6.45) is 0.668. The Morgan fingerprint density at radius 2 is 1.57 bits per heavy atom. The summed E-state index contributed by atoms with van der Waals surface area (Å²) < 4.78 is 5.65. The first-order valence-electron chi connectivity index (χ1n) is 12.4. The fourth-order valence-electron chi connectivity index (χ4n) is 4.58. The van der Waals surface area contributed by atoms with Gasteiger partial charge in [0, 0.05) is 19.0 Å². The Balaban J connectivity index is 1.70. The maximum atomic E-state index is 13.3. The van der Waals surface area contributed by atoms with Crippen LogP contribution in [0.4, 0.5) is 4.79 Å². The van der Waals surface area contributed by atoms with Crippen molar-refractivity contribution in [3.8, 4) is 11.1 Å². The lowest BCUT2D eigenvalue weighted by molar-refractivity contribution is -0.143. The normalized spacial score (nSPS) is 14.9. The van der Waals surface area contributed by atoms with Gasteiger partial charge in [0.1, 0.15) is 12.6 Å². The maximum Gasteiger partial charge on any atom is 0.407 e. The summed E-state index contributed by atoms with van der Waals surface area (Å²) in [5, 5.41) is 12.0. The molecular weight excluding hydrogens is 444 g/mol. The number of hydrogen-bond donors (Lipinski definition) is 2. The van der Waals surface area contributed by atoms with Crippen molar-refractivity contribution in [2.45, 2.75) is 52.5 Å². The van der Waals surface area contributed by atoms with E-state index in [0.717, 1.165) is 28.7 Å². The summed E-state index contributed by atoms with van der Waals surface area (Å²) in [5.41, 5.74) is 4.53. The number of benzene rings is 2. The lowest BCUT2D eigenvalue weighted by atomic mass is 9.98. The second-order valence-corrected chi connectivity index (χ2v) is 9.39. The molecule has 188 valence electrons. The van der Waals surface area contributed by atoms with Gasteiger partial charge in [-0.15, -0.1) is 0 Å². The lowest BCUT2D eigenvalue weighted by Crippen LogP contribution is -2.50. The molecule has 0 spiro atoms. The summed E-state index contributed by atoms with van der Waals surface area (Å²) in [6, 6.07) is 15.5. The molecular formula is C28H36N2O5. The molecule has 0 heterocycles. The lowest BCUT2D eigenvalue weighted by Gasteiger charge is -2.29. The van der Waals surface area contributed by atoms with E-state index in [0.29, 0.717) is 13.0 Å². The van der Waals surface area contributed by atoms with Gasteiger partial charge in [0.05, 0.1) is 5.92 Å². The smallest absolute Gasteiger partial charge is 0.407 e. The van der Waals surface area contributed by atoms with Crippen LogP contribution in [0.25, 0.3) is 11.1 Å². The van der Waals surface area contributed by atoms with Gasteiger partial charge >= 0.3 is 12.1 Å². The molecule has 1 aliphatic carbocycles. The van der Waals surface area contributed by atoms with Crippen LogP contribution >= 0.6 is 0 Å². The molecule has 0 saturated carbocycles. The number of alkyl carbamates (subject to hydrolysis) is 1. The molecule has 2 aromatic rings. The van der Waals surface area contributed by atoms with Gasteiger partial charge in [-0.1, -0.05) is 75.7 Å². The number of carboxylic acid groups (broad SMARTS) is 1. The molecule has 3 rings (SSSR count). The van der Waals surface area contributed by atoms with Crippen molar-refractivity contribution in [2.75, 3.05) is 19.7 Å². The summed E-state index contributed by atoms with van der Waals surface area (Å²) >= 11 is 0. The minimum Gasteiger partial charge on any atom is -0.481 e. The third-order valence-electron chi connectivity index (χ3n) is 6.88. The van der Waals surface area contributed by atoms with Crippen molar-refractivity contribution < 1.29 is 24.2 Å². The van der Waals surface area contributed by atoms with Crippen LogP contribution in [0.15, 0.2) is 48.5 Å². The van der Waals surface area contributed by atoms with Crippen LogP contribution in [0, 0.1) is 11.8 Å². The first kappa shape index (κ1) is 26.3. The molecule has 0 bridgehead atoms. The minimum atomic E-state index is -0.959. The highest BCUT2D eigenvalue weighted by Gasteiger charge is 2.31. The summed E-state index contributed by atoms with van der Waals surface area (Å²) in [6.45, 7) is 8.05. The average Bonchev–Trinajstić information content (AvgIpc) is 3.18. The van der Waals surface area contributed by atoms with Gasteiger partial charge in [0.25, 0.3) is 0 Å². The first-order chi connectivity index (χ1) is 16.8. The van der Waals surface area contributed by atoms with Crippen LogP contribution in [0.1, 0.15) is 57.6 Å². The van der Waals surface area contributed by atoms with Crippen molar-refractivity contribution >= 4 is 18.0 Å². The fourth-order valence-corrected chi connectivity index (χ4v) is 4.58. The van der Waals surface area contributed by atoms with Gasteiger partial charge in [0.15, 0.2) is 0 Å². The van der Waals surface area contributed by atoms with Crippen molar-refractivity contribution in [2.24, 2.45) is 11.8 Å². The van der Waals surface area contributed by atoms with Crippen LogP contribution in [0.2, 0.25) is 0 Å². The van der Waals surface area contributed by atoms with Crippen molar-refractivity contribution in [3.05, 3.63) is 59.7 Å². The molecule has 2 aromatic carbocycles. The highest BCUT2D eigenvalue weighted by molar-refractivity contribution is 5.86. The zero-order valence-corrected chi connectivity index (χ0v) is 21.0. The predicted molar refractivity (Wildman–Crippen MR) is 135 cm³/mol. The Morgan fingerprint density at radius 1 is 1.00 bits per heavy atom. The van der Waals surface area contributed by atoms with Gasteiger partial charge in [-0.25, -0.2) is 4.79 Å². The SMILES string of the molecule is CCC(C)CC(NC(=O)OCC1c2ccccc2-c2ccccc21)C(=O)N(CC)CC(C)C(=O)O. The Kier molecular flexibility index (Phi) is 8.90. The number of carbonyl (C=O) groups is 3. The molecule has 35 heavy (non-hydrogen) atoms. The topological polar surface area (TPSA) is 95.9 Å². The number of aliphatic carboxylic acids is 1. The number of carbonyl (C=O) groups excluding carboxylic acids is 2. The van der Waals surface area contributed by atoms with Crippen molar-refractivity contribution in [1.82, 2.24) is 10.2 Å². The molecule has 7 nitrogen and oxygen atoms in total. The number of ether oxygens (including phenoxy) is 1. The summed E-state index contributed by atoms with van der Waals surface area (Å²) in [7, 11) is 0. The molecule has 3 unspecified atom stereocenters. The van der Waals surface area contributed by atoms with Crippen LogP contribution in [-0.2, 0) is 14.3 Å². The molecule has 0 fully saturated rings. The van der Waals surface area contributed by atoms with Crippen molar-refractivity contribution in [1.29, 1.82) is 0 Å². The molecule has 3 atom stereocenters.